The van der Waals surface area contributed by atoms with Gasteiger partial charge in [0, 0.05) is 23.5 Å². The molecular formula is C18H26N2O. The molecule has 3 unspecified atom stereocenters. The zero-order valence-electron chi connectivity index (χ0n) is 13.3. The maximum Gasteiger partial charge on any atom is 0.134 e. The number of likely N-dealkylation sites (tertiary alicyclic amines) is 1. The summed E-state index contributed by atoms with van der Waals surface area (Å²) >= 11 is 0. The molecule has 0 radical (unpaired) electrons. The number of benzene rings is 1. The van der Waals surface area contributed by atoms with Gasteiger partial charge in [0.25, 0.3) is 0 Å². The van der Waals surface area contributed by atoms with Crippen LogP contribution in [0.15, 0.2) is 28.7 Å². The summed E-state index contributed by atoms with van der Waals surface area (Å²) in [6, 6.07) is 9.14. The second-order valence-electron chi connectivity index (χ2n) is 6.54. The van der Waals surface area contributed by atoms with Crippen molar-refractivity contribution in [2.24, 2.45) is 11.7 Å². The maximum atomic E-state index is 6.17. The summed E-state index contributed by atoms with van der Waals surface area (Å²) in [6.07, 6.45) is 2.51. The lowest BCUT2D eigenvalue weighted by Gasteiger charge is -2.41. The molecule has 3 atom stereocenters. The van der Waals surface area contributed by atoms with Crippen molar-refractivity contribution >= 4 is 11.0 Å². The van der Waals surface area contributed by atoms with Crippen LogP contribution in [0.4, 0.5) is 0 Å². The fourth-order valence-corrected chi connectivity index (χ4v) is 3.91. The molecule has 1 aromatic carbocycles. The Morgan fingerprint density at radius 1 is 1.33 bits per heavy atom. The van der Waals surface area contributed by atoms with Crippen molar-refractivity contribution in [3.05, 3.63) is 35.6 Å². The van der Waals surface area contributed by atoms with E-state index in [1.807, 2.05) is 12.1 Å². The lowest BCUT2D eigenvalue weighted by molar-refractivity contribution is 0.0846. The van der Waals surface area contributed by atoms with E-state index in [4.69, 9.17) is 10.2 Å². The van der Waals surface area contributed by atoms with Gasteiger partial charge >= 0.3 is 0 Å². The van der Waals surface area contributed by atoms with Crippen LogP contribution in [0.1, 0.15) is 44.1 Å². The number of aryl methyl sites for hydroxylation is 1. The summed E-state index contributed by atoms with van der Waals surface area (Å²) in [4.78, 5) is 2.57. The van der Waals surface area contributed by atoms with E-state index in [0.29, 0.717) is 12.6 Å². The molecule has 0 bridgehead atoms. The van der Waals surface area contributed by atoms with Crippen LogP contribution in [0, 0.1) is 12.8 Å². The van der Waals surface area contributed by atoms with Crippen LogP contribution in [-0.4, -0.2) is 24.0 Å². The van der Waals surface area contributed by atoms with Crippen LogP contribution in [0.2, 0.25) is 0 Å². The molecule has 1 aromatic heterocycles. The Kier molecular flexibility index (Phi) is 4.05. The number of rotatable bonds is 3. The van der Waals surface area contributed by atoms with Gasteiger partial charge in [0.1, 0.15) is 11.3 Å². The third-order valence-electron chi connectivity index (χ3n) is 4.97. The fraction of sp³-hybridized carbons (Fsp3) is 0.556. The number of nitrogens with zero attached hydrogens (tertiary/aromatic N) is 1. The molecule has 114 valence electrons. The Balaban J connectivity index is 2.00. The quantitative estimate of drug-likeness (QED) is 0.931. The molecule has 3 rings (SSSR count). The van der Waals surface area contributed by atoms with Gasteiger partial charge in [-0.15, -0.1) is 0 Å². The lowest BCUT2D eigenvalue weighted by atomic mass is 9.90. The van der Waals surface area contributed by atoms with Gasteiger partial charge < -0.3 is 10.2 Å². The van der Waals surface area contributed by atoms with Gasteiger partial charge in [-0.05, 0) is 45.2 Å². The van der Waals surface area contributed by atoms with E-state index in [2.05, 4.69) is 37.8 Å². The average Bonchev–Trinajstić information content (AvgIpc) is 2.78. The van der Waals surface area contributed by atoms with E-state index in [9.17, 15) is 0 Å². The molecule has 0 saturated carbocycles. The largest absolute Gasteiger partial charge is 0.461 e. The van der Waals surface area contributed by atoms with Gasteiger partial charge in [0.15, 0.2) is 0 Å². The third kappa shape index (κ3) is 2.60. The highest BCUT2D eigenvalue weighted by molar-refractivity contribution is 5.82. The van der Waals surface area contributed by atoms with E-state index < -0.39 is 0 Å². The molecule has 1 aliphatic rings. The molecule has 0 aliphatic carbocycles. The van der Waals surface area contributed by atoms with Gasteiger partial charge in [-0.1, -0.05) is 25.1 Å². The smallest absolute Gasteiger partial charge is 0.134 e. The first-order chi connectivity index (χ1) is 10.1. The fourth-order valence-electron chi connectivity index (χ4n) is 3.91. The molecule has 2 aromatic rings. The number of furan rings is 1. The summed E-state index contributed by atoms with van der Waals surface area (Å²) in [5.74, 6) is 1.83. The van der Waals surface area contributed by atoms with Crippen LogP contribution < -0.4 is 5.73 Å². The molecule has 2 heterocycles. The van der Waals surface area contributed by atoms with Crippen molar-refractivity contribution in [3.63, 3.8) is 0 Å². The molecule has 1 fully saturated rings. The Bertz CT molecular complexity index is 619. The number of hydrogen-bond acceptors (Lipinski definition) is 3. The lowest BCUT2D eigenvalue weighted by Crippen LogP contribution is -2.45. The molecular weight excluding hydrogens is 260 g/mol. The highest BCUT2D eigenvalue weighted by Crippen LogP contribution is 2.36. The highest BCUT2D eigenvalue weighted by atomic mass is 16.3. The summed E-state index contributed by atoms with van der Waals surface area (Å²) in [5.41, 5.74) is 8.43. The van der Waals surface area contributed by atoms with Crippen LogP contribution in [-0.2, 0) is 0 Å². The standard InChI is InChI=1S/C18H26N2O/c1-12-8-9-20(13(2)10-12)16(11-19)18-14(3)21-17-7-5-4-6-15(17)18/h4-7,12-13,16H,8-11,19H2,1-3H3. The predicted octanol–water partition coefficient (Wildman–Crippen LogP) is 3.86. The number of piperidine rings is 1. The Morgan fingerprint density at radius 3 is 2.81 bits per heavy atom. The van der Waals surface area contributed by atoms with Crippen molar-refractivity contribution in [1.82, 2.24) is 4.90 Å². The normalized spacial score (nSPS) is 25.3. The van der Waals surface area contributed by atoms with Crippen molar-refractivity contribution in [1.29, 1.82) is 0 Å². The average molecular weight is 286 g/mol. The predicted molar refractivity (Wildman–Crippen MR) is 87.3 cm³/mol. The van der Waals surface area contributed by atoms with Crippen molar-refractivity contribution in [2.75, 3.05) is 13.1 Å². The van der Waals surface area contributed by atoms with Gasteiger partial charge in [0.2, 0.25) is 0 Å². The minimum atomic E-state index is 0.260. The summed E-state index contributed by atoms with van der Waals surface area (Å²) in [7, 11) is 0. The molecule has 0 amide bonds. The van der Waals surface area contributed by atoms with Crippen LogP contribution in [0.25, 0.3) is 11.0 Å². The van der Waals surface area contributed by atoms with Crippen LogP contribution in [0.3, 0.4) is 0 Å². The van der Waals surface area contributed by atoms with Crippen molar-refractivity contribution in [3.8, 4) is 0 Å². The molecule has 21 heavy (non-hydrogen) atoms. The van der Waals surface area contributed by atoms with E-state index in [-0.39, 0.29) is 6.04 Å². The summed E-state index contributed by atoms with van der Waals surface area (Å²) < 4.78 is 5.95. The Morgan fingerprint density at radius 2 is 2.10 bits per heavy atom. The summed E-state index contributed by atoms with van der Waals surface area (Å²) in [5, 5.41) is 1.22. The first kappa shape index (κ1) is 14.6. The topological polar surface area (TPSA) is 42.4 Å². The van der Waals surface area contributed by atoms with Gasteiger partial charge in [0.05, 0.1) is 6.04 Å². The van der Waals surface area contributed by atoms with Crippen molar-refractivity contribution < 1.29 is 4.42 Å². The zero-order valence-corrected chi connectivity index (χ0v) is 13.3. The van der Waals surface area contributed by atoms with Gasteiger partial charge in [-0.3, -0.25) is 4.90 Å². The molecule has 1 saturated heterocycles. The first-order valence-electron chi connectivity index (χ1n) is 8.05. The number of para-hydroxylation sites is 1. The third-order valence-corrected chi connectivity index (χ3v) is 4.97. The SMILES string of the molecule is Cc1oc2ccccc2c1C(CN)N1CCC(C)CC1C. The monoisotopic (exact) mass is 286 g/mol. The molecule has 3 heteroatoms. The van der Waals surface area contributed by atoms with Crippen LogP contribution >= 0.6 is 0 Å². The second kappa shape index (κ2) is 5.82. The molecule has 3 nitrogen and oxygen atoms in total. The number of nitrogens with two attached hydrogens (primary N) is 1. The van der Waals surface area contributed by atoms with Crippen molar-refractivity contribution in [2.45, 2.75) is 45.7 Å². The zero-order chi connectivity index (χ0) is 15.0. The first-order valence-corrected chi connectivity index (χ1v) is 8.05. The Hall–Kier alpha value is -1.32. The van der Waals surface area contributed by atoms with E-state index >= 15 is 0 Å². The highest BCUT2D eigenvalue weighted by Gasteiger charge is 2.31. The van der Waals surface area contributed by atoms with Gasteiger partial charge in [-0.25, -0.2) is 0 Å². The van der Waals surface area contributed by atoms with E-state index in [0.717, 1.165) is 23.8 Å². The molecule has 1 aliphatic heterocycles. The minimum Gasteiger partial charge on any atom is -0.461 e. The van der Waals surface area contributed by atoms with E-state index in [1.165, 1.54) is 23.8 Å². The molecule has 0 spiro atoms. The minimum absolute atomic E-state index is 0.260. The van der Waals surface area contributed by atoms with Crippen LogP contribution in [0.5, 0.6) is 0 Å². The number of hydrogen-bond donors (Lipinski definition) is 1. The Labute approximate surface area is 127 Å². The molecule has 2 N–H and O–H groups in total. The summed E-state index contributed by atoms with van der Waals surface area (Å²) in [6.45, 7) is 8.52. The van der Waals surface area contributed by atoms with Gasteiger partial charge in [-0.2, -0.15) is 0 Å². The second-order valence-corrected chi connectivity index (χ2v) is 6.54. The van der Waals surface area contributed by atoms with E-state index in [1.54, 1.807) is 0 Å². The maximum absolute atomic E-state index is 6.17. The number of fused-ring (bicyclic) bond motifs is 1.